The average Bonchev–Trinajstić information content (AvgIpc) is 2.62. The van der Waals surface area contributed by atoms with Crippen molar-refractivity contribution in [2.75, 3.05) is 12.4 Å². The first kappa shape index (κ1) is 18.8. The van der Waals surface area contributed by atoms with Gasteiger partial charge in [0.1, 0.15) is 5.75 Å². The Kier molecular flexibility index (Phi) is 6.42. The Morgan fingerprint density at radius 2 is 1.92 bits per heavy atom. The molecule has 1 N–H and O–H groups in total. The Morgan fingerprint density at radius 1 is 1.20 bits per heavy atom. The van der Waals surface area contributed by atoms with Crippen LogP contribution >= 0.6 is 11.6 Å². The van der Waals surface area contributed by atoms with E-state index in [4.69, 9.17) is 16.3 Å². The molecule has 0 spiro atoms. The lowest BCUT2D eigenvalue weighted by atomic mass is 10.2. The smallest absolute Gasteiger partial charge is 0.337 e. The van der Waals surface area contributed by atoms with Gasteiger partial charge in [0, 0.05) is 0 Å². The van der Waals surface area contributed by atoms with Gasteiger partial charge >= 0.3 is 5.97 Å². The quantitative estimate of drug-likeness (QED) is 0.782. The summed E-state index contributed by atoms with van der Waals surface area (Å²) in [6, 6.07) is 12.0. The fourth-order valence-corrected chi connectivity index (χ4v) is 2.41. The summed E-state index contributed by atoms with van der Waals surface area (Å²) >= 11 is 6.11. The van der Waals surface area contributed by atoms with Gasteiger partial charge in [-0.15, -0.1) is 0 Å². The van der Waals surface area contributed by atoms with Crippen LogP contribution in [0.3, 0.4) is 0 Å². The minimum Gasteiger partial charge on any atom is -0.480 e. The van der Waals surface area contributed by atoms with Crippen molar-refractivity contribution in [2.45, 2.75) is 26.4 Å². The van der Waals surface area contributed by atoms with Crippen LogP contribution in [0.1, 0.15) is 29.3 Å². The Bertz CT molecular complexity index is 776. The minimum absolute atomic E-state index is 0.301. The van der Waals surface area contributed by atoms with Crippen LogP contribution in [0.15, 0.2) is 42.5 Å². The van der Waals surface area contributed by atoms with E-state index in [1.807, 2.05) is 38.1 Å². The van der Waals surface area contributed by atoms with Crippen LogP contribution in [0, 0.1) is 6.92 Å². The number of hydrogen-bond donors (Lipinski definition) is 1. The second-order valence-corrected chi connectivity index (χ2v) is 5.86. The van der Waals surface area contributed by atoms with Crippen LogP contribution in [-0.4, -0.2) is 25.1 Å². The predicted octanol–water partition coefficient (Wildman–Crippen LogP) is 4.23. The van der Waals surface area contributed by atoms with Crippen LogP contribution in [0.25, 0.3) is 0 Å². The van der Waals surface area contributed by atoms with Crippen molar-refractivity contribution in [1.29, 1.82) is 0 Å². The Labute approximate surface area is 151 Å². The Hall–Kier alpha value is -2.53. The number of rotatable bonds is 6. The average molecular weight is 362 g/mol. The highest BCUT2D eigenvalue weighted by atomic mass is 35.5. The number of benzene rings is 2. The molecule has 1 amide bonds. The van der Waals surface area contributed by atoms with Crippen LogP contribution in [0.2, 0.25) is 5.02 Å². The maximum atomic E-state index is 12.6. The van der Waals surface area contributed by atoms with Crippen molar-refractivity contribution in [3.8, 4) is 5.75 Å². The molecular formula is C19H20ClNO4. The van der Waals surface area contributed by atoms with Gasteiger partial charge in [0.2, 0.25) is 0 Å². The van der Waals surface area contributed by atoms with Crippen molar-refractivity contribution in [3.63, 3.8) is 0 Å². The number of amides is 1. The number of anilines is 1. The van der Waals surface area contributed by atoms with E-state index in [1.165, 1.54) is 25.3 Å². The highest BCUT2D eigenvalue weighted by molar-refractivity contribution is 6.33. The minimum atomic E-state index is -0.682. The van der Waals surface area contributed by atoms with Crippen LogP contribution in [0.5, 0.6) is 5.75 Å². The molecule has 1 atom stereocenters. The highest BCUT2D eigenvalue weighted by Gasteiger charge is 2.21. The number of para-hydroxylation sites is 1. The van der Waals surface area contributed by atoms with Gasteiger partial charge in [-0.3, -0.25) is 4.79 Å². The molecule has 1 unspecified atom stereocenters. The molecule has 0 saturated heterocycles. The zero-order valence-electron chi connectivity index (χ0n) is 14.3. The number of carbonyl (C=O) groups excluding carboxylic acids is 2. The first-order valence-electron chi connectivity index (χ1n) is 7.87. The molecule has 0 heterocycles. The summed E-state index contributed by atoms with van der Waals surface area (Å²) in [5.74, 6) is -0.191. The van der Waals surface area contributed by atoms with E-state index >= 15 is 0 Å². The molecule has 0 fully saturated rings. The second kappa shape index (κ2) is 8.53. The molecule has 25 heavy (non-hydrogen) atoms. The van der Waals surface area contributed by atoms with Gasteiger partial charge in [-0.05, 0) is 43.2 Å². The Morgan fingerprint density at radius 3 is 2.56 bits per heavy atom. The molecular weight excluding hydrogens is 342 g/mol. The van der Waals surface area contributed by atoms with Crippen LogP contribution in [0.4, 0.5) is 5.69 Å². The van der Waals surface area contributed by atoms with Crippen molar-refractivity contribution < 1.29 is 19.1 Å². The molecule has 0 bridgehead atoms. The van der Waals surface area contributed by atoms with E-state index in [0.29, 0.717) is 28.4 Å². The number of halogens is 1. The number of methoxy groups -OCH3 is 1. The normalized spacial score (nSPS) is 11.5. The summed E-state index contributed by atoms with van der Waals surface area (Å²) in [6.07, 6.45) is -0.201. The maximum absolute atomic E-state index is 12.6. The van der Waals surface area contributed by atoms with E-state index < -0.39 is 12.1 Å². The first-order valence-corrected chi connectivity index (χ1v) is 8.25. The van der Waals surface area contributed by atoms with E-state index in [0.717, 1.165) is 5.56 Å². The van der Waals surface area contributed by atoms with E-state index in [9.17, 15) is 9.59 Å². The van der Waals surface area contributed by atoms with Crippen molar-refractivity contribution >= 4 is 29.2 Å². The standard InChI is InChI=1S/C19H20ClNO4/c1-4-16(25-17-8-6-5-7-12(17)2)18(22)21-15-11-13(19(23)24-3)9-10-14(15)20/h5-11,16H,4H2,1-3H3,(H,21,22). The molecule has 2 aromatic carbocycles. The SMILES string of the molecule is CCC(Oc1ccccc1C)C(=O)Nc1cc(C(=O)OC)ccc1Cl. The van der Waals surface area contributed by atoms with E-state index in [1.54, 1.807) is 0 Å². The largest absolute Gasteiger partial charge is 0.480 e. The molecule has 2 rings (SSSR count). The summed E-state index contributed by atoms with van der Waals surface area (Å²) in [6.45, 7) is 3.77. The third-order valence-electron chi connectivity index (χ3n) is 3.67. The molecule has 6 heteroatoms. The summed E-state index contributed by atoms with van der Waals surface area (Å²) in [5, 5.41) is 3.04. The molecule has 0 saturated carbocycles. The lowest BCUT2D eigenvalue weighted by Gasteiger charge is -2.19. The lowest BCUT2D eigenvalue weighted by Crippen LogP contribution is -2.32. The number of nitrogens with one attached hydrogen (secondary N) is 1. The maximum Gasteiger partial charge on any atom is 0.337 e. The topological polar surface area (TPSA) is 64.6 Å². The summed E-state index contributed by atoms with van der Waals surface area (Å²) in [4.78, 5) is 24.2. The van der Waals surface area contributed by atoms with Crippen molar-refractivity contribution in [2.24, 2.45) is 0 Å². The van der Waals surface area contributed by atoms with Gasteiger partial charge in [0.05, 0.1) is 23.4 Å². The van der Waals surface area contributed by atoms with Gasteiger partial charge < -0.3 is 14.8 Å². The lowest BCUT2D eigenvalue weighted by molar-refractivity contribution is -0.122. The third-order valence-corrected chi connectivity index (χ3v) is 4.00. The fraction of sp³-hybridized carbons (Fsp3) is 0.263. The fourth-order valence-electron chi connectivity index (χ4n) is 2.24. The van der Waals surface area contributed by atoms with Gasteiger partial charge in [-0.2, -0.15) is 0 Å². The van der Waals surface area contributed by atoms with Gasteiger partial charge in [-0.1, -0.05) is 36.7 Å². The van der Waals surface area contributed by atoms with E-state index in [2.05, 4.69) is 10.1 Å². The zero-order chi connectivity index (χ0) is 18.4. The predicted molar refractivity (Wildman–Crippen MR) is 97.3 cm³/mol. The third kappa shape index (κ3) is 4.73. The molecule has 5 nitrogen and oxygen atoms in total. The first-order chi connectivity index (χ1) is 12.0. The molecule has 0 aromatic heterocycles. The summed E-state index contributed by atoms with van der Waals surface area (Å²) in [7, 11) is 1.29. The number of esters is 1. The summed E-state index contributed by atoms with van der Waals surface area (Å²) < 4.78 is 10.5. The Balaban J connectivity index is 2.17. The zero-order valence-corrected chi connectivity index (χ0v) is 15.1. The highest BCUT2D eigenvalue weighted by Crippen LogP contribution is 2.25. The van der Waals surface area contributed by atoms with Crippen LogP contribution in [-0.2, 0) is 9.53 Å². The van der Waals surface area contributed by atoms with Crippen molar-refractivity contribution in [3.05, 3.63) is 58.6 Å². The number of carbonyl (C=O) groups is 2. The number of ether oxygens (including phenoxy) is 2. The molecule has 132 valence electrons. The monoisotopic (exact) mass is 361 g/mol. The molecule has 0 aliphatic carbocycles. The van der Waals surface area contributed by atoms with Crippen LogP contribution < -0.4 is 10.1 Å². The molecule has 0 aliphatic heterocycles. The van der Waals surface area contributed by atoms with E-state index in [-0.39, 0.29) is 5.91 Å². The number of aryl methyl sites for hydroxylation is 1. The summed E-state index contributed by atoms with van der Waals surface area (Å²) in [5.41, 5.74) is 1.58. The number of hydrogen-bond acceptors (Lipinski definition) is 4. The van der Waals surface area contributed by atoms with Gasteiger partial charge in [0.15, 0.2) is 6.10 Å². The molecule has 2 aromatic rings. The van der Waals surface area contributed by atoms with Gasteiger partial charge in [-0.25, -0.2) is 4.79 Å². The van der Waals surface area contributed by atoms with Crippen molar-refractivity contribution in [1.82, 2.24) is 0 Å². The molecule has 0 radical (unpaired) electrons. The van der Waals surface area contributed by atoms with Gasteiger partial charge in [0.25, 0.3) is 5.91 Å². The molecule has 0 aliphatic rings. The second-order valence-electron chi connectivity index (χ2n) is 5.46.